The van der Waals surface area contributed by atoms with Crippen LogP contribution in [0.1, 0.15) is 92.9 Å². The van der Waals surface area contributed by atoms with Crippen molar-refractivity contribution in [2.24, 2.45) is 10.8 Å². The zero-order valence-corrected chi connectivity index (χ0v) is 19.1. The first-order chi connectivity index (χ1) is 13.2. The Morgan fingerprint density at radius 1 is 0.679 bits per heavy atom. The average Bonchev–Trinajstić information content (AvgIpc) is 2.70. The van der Waals surface area contributed by atoms with Crippen molar-refractivity contribution < 1.29 is 9.78 Å². The average molecular weight is 387 g/mol. The molecule has 0 amide bonds. The molecule has 0 saturated heterocycles. The first kappa shape index (κ1) is 23.2. The van der Waals surface area contributed by atoms with Crippen LogP contribution in [0.2, 0.25) is 0 Å². The highest BCUT2D eigenvalue weighted by atomic mass is 17.2. The Morgan fingerprint density at radius 3 is 1.36 bits per heavy atom. The minimum absolute atomic E-state index is 0.0211. The molecule has 0 N–H and O–H groups in total. The van der Waals surface area contributed by atoms with Gasteiger partial charge in [-0.25, -0.2) is 9.78 Å². The molecule has 28 heavy (non-hydrogen) atoms. The van der Waals surface area contributed by atoms with Gasteiger partial charge in [0.25, 0.3) is 0 Å². The van der Waals surface area contributed by atoms with Crippen LogP contribution in [0.4, 0.5) is 0 Å². The van der Waals surface area contributed by atoms with E-state index in [4.69, 9.17) is 9.78 Å². The van der Waals surface area contributed by atoms with E-state index in [1.807, 2.05) is 0 Å². The van der Waals surface area contributed by atoms with E-state index in [1.165, 1.54) is 25.7 Å². The van der Waals surface area contributed by atoms with Crippen molar-refractivity contribution in [2.45, 2.75) is 104 Å². The van der Waals surface area contributed by atoms with Crippen LogP contribution in [0, 0.1) is 10.8 Å². The summed E-state index contributed by atoms with van der Waals surface area (Å²) in [5.41, 5.74) is -0.846. The molecule has 0 aromatic carbocycles. The highest BCUT2D eigenvalue weighted by Gasteiger charge is 2.49. The molecule has 2 unspecified atom stereocenters. The normalized spacial score (nSPS) is 27.5. The molecule has 0 aliphatic heterocycles. The minimum atomic E-state index is -0.402. The monoisotopic (exact) mass is 386 g/mol. The number of unbranched alkanes of at least 4 members (excludes halogenated alkanes) is 2. The second-order valence-corrected chi connectivity index (χ2v) is 9.69. The summed E-state index contributed by atoms with van der Waals surface area (Å²) < 4.78 is 0. The van der Waals surface area contributed by atoms with Gasteiger partial charge in [-0.05, 0) is 53.4 Å². The zero-order chi connectivity index (χ0) is 20.7. The Kier molecular flexibility index (Phi) is 7.93. The number of hydrogen-bond acceptors (Lipinski definition) is 2. The third-order valence-corrected chi connectivity index (χ3v) is 7.10. The van der Waals surface area contributed by atoms with E-state index in [2.05, 4.69) is 90.2 Å². The lowest BCUT2D eigenvalue weighted by Gasteiger charge is -2.49. The predicted octanol–water partition coefficient (Wildman–Crippen LogP) is 7.88. The molecule has 0 radical (unpaired) electrons. The molecule has 0 aromatic heterocycles. The third-order valence-electron chi connectivity index (χ3n) is 7.10. The van der Waals surface area contributed by atoms with Crippen molar-refractivity contribution in [1.82, 2.24) is 0 Å². The van der Waals surface area contributed by atoms with E-state index in [1.54, 1.807) is 0 Å². The predicted molar refractivity (Wildman–Crippen MR) is 120 cm³/mol. The number of hydrogen-bond donors (Lipinski definition) is 0. The standard InChI is InChI=1S/C26H42O2/c1-7-9-17-25(19-13-11-14-20-25)23(3,4)27-28-24(5,6)26(18-10-8-2)21-15-12-16-22-26/h11-16,19,21H,7-10,17-18,20,22H2,1-6H3. The number of rotatable bonds is 11. The zero-order valence-electron chi connectivity index (χ0n) is 19.1. The Balaban J connectivity index is 2.18. The molecule has 0 heterocycles. The molecule has 2 aliphatic carbocycles. The van der Waals surface area contributed by atoms with Crippen molar-refractivity contribution in [3.05, 3.63) is 48.6 Å². The molecule has 2 aliphatic rings. The fourth-order valence-corrected chi connectivity index (χ4v) is 4.55. The van der Waals surface area contributed by atoms with E-state index < -0.39 is 11.2 Å². The molecular formula is C26H42O2. The largest absolute Gasteiger partial charge is 0.229 e. The van der Waals surface area contributed by atoms with Gasteiger partial charge in [-0.2, -0.15) is 0 Å². The van der Waals surface area contributed by atoms with Gasteiger partial charge in [-0.1, -0.05) is 88.1 Å². The Morgan fingerprint density at radius 2 is 1.07 bits per heavy atom. The Labute approximate surface area is 173 Å². The van der Waals surface area contributed by atoms with Crippen LogP contribution >= 0.6 is 0 Å². The van der Waals surface area contributed by atoms with Crippen molar-refractivity contribution in [2.75, 3.05) is 0 Å². The summed E-state index contributed by atoms with van der Waals surface area (Å²) in [6, 6.07) is 0. The fraction of sp³-hybridized carbons (Fsp3) is 0.692. The van der Waals surface area contributed by atoms with E-state index in [0.29, 0.717) is 0 Å². The van der Waals surface area contributed by atoms with Gasteiger partial charge in [0.15, 0.2) is 0 Å². The molecule has 0 spiro atoms. The lowest BCUT2D eigenvalue weighted by Crippen LogP contribution is -2.50. The van der Waals surface area contributed by atoms with Gasteiger partial charge in [0.05, 0.1) is 0 Å². The van der Waals surface area contributed by atoms with Crippen molar-refractivity contribution in [1.29, 1.82) is 0 Å². The van der Waals surface area contributed by atoms with E-state index >= 15 is 0 Å². The maximum Gasteiger partial charge on any atom is 0.107 e. The van der Waals surface area contributed by atoms with Crippen molar-refractivity contribution in [3.8, 4) is 0 Å². The van der Waals surface area contributed by atoms with Crippen LogP contribution in [0.3, 0.4) is 0 Å². The van der Waals surface area contributed by atoms with Crippen LogP contribution in [0.5, 0.6) is 0 Å². The summed E-state index contributed by atoms with van der Waals surface area (Å²) in [7, 11) is 0. The van der Waals surface area contributed by atoms with E-state index in [-0.39, 0.29) is 10.8 Å². The number of allylic oxidation sites excluding steroid dienone is 6. The topological polar surface area (TPSA) is 18.5 Å². The molecule has 0 saturated carbocycles. The highest BCUT2D eigenvalue weighted by molar-refractivity contribution is 5.22. The van der Waals surface area contributed by atoms with Crippen molar-refractivity contribution >= 4 is 0 Å². The molecule has 2 atom stereocenters. The molecular weight excluding hydrogens is 344 g/mol. The van der Waals surface area contributed by atoms with Crippen LogP contribution in [-0.4, -0.2) is 11.2 Å². The minimum Gasteiger partial charge on any atom is -0.229 e. The van der Waals surface area contributed by atoms with E-state index in [0.717, 1.165) is 25.7 Å². The summed E-state index contributed by atoms with van der Waals surface area (Å²) in [6.45, 7) is 13.3. The maximum atomic E-state index is 6.35. The second kappa shape index (κ2) is 9.59. The lowest BCUT2D eigenvalue weighted by molar-refractivity contribution is -0.431. The summed E-state index contributed by atoms with van der Waals surface area (Å²) in [4.78, 5) is 12.7. The molecule has 0 bridgehead atoms. The summed E-state index contributed by atoms with van der Waals surface area (Å²) in [5.74, 6) is 0. The quantitative estimate of drug-likeness (QED) is 0.265. The van der Waals surface area contributed by atoms with Gasteiger partial charge in [0, 0.05) is 10.8 Å². The first-order valence-electron chi connectivity index (χ1n) is 11.3. The van der Waals surface area contributed by atoms with E-state index in [9.17, 15) is 0 Å². The van der Waals surface area contributed by atoms with Crippen LogP contribution in [0.15, 0.2) is 48.6 Å². The molecule has 2 heteroatoms. The van der Waals surface area contributed by atoms with Gasteiger partial charge in [0.1, 0.15) is 11.2 Å². The molecule has 2 rings (SSSR count). The van der Waals surface area contributed by atoms with Crippen LogP contribution in [-0.2, 0) is 9.78 Å². The Hall–Kier alpha value is -1.12. The second-order valence-electron chi connectivity index (χ2n) is 9.69. The maximum absolute atomic E-state index is 6.35. The summed E-state index contributed by atoms with van der Waals surface area (Å²) >= 11 is 0. The molecule has 2 nitrogen and oxygen atoms in total. The first-order valence-corrected chi connectivity index (χ1v) is 11.3. The smallest absolute Gasteiger partial charge is 0.107 e. The highest BCUT2D eigenvalue weighted by Crippen LogP contribution is 2.49. The van der Waals surface area contributed by atoms with Crippen molar-refractivity contribution in [3.63, 3.8) is 0 Å². The van der Waals surface area contributed by atoms with Crippen LogP contribution in [0.25, 0.3) is 0 Å². The van der Waals surface area contributed by atoms with Gasteiger partial charge in [0.2, 0.25) is 0 Å². The van der Waals surface area contributed by atoms with Gasteiger partial charge in [-0.3, -0.25) is 0 Å². The SMILES string of the molecule is CCCCC1(C(C)(C)OOC(C)(C)C2(CCCC)C=CC=CC2)C=CC=CC1. The van der Waals surface area contributed by atoms with Crippen LogP contribution < -0.4 is 0 Å². The van der Waals surface area contributed by atoms with Gasteiger partial charge in [-0.15, -0.1) is 0 Å². The molecule has 158 valence electrons. The lowest BCUT2D eigenvalue weighted by atomic mass is 9.66. The molecule has 0 fully saturated rings. The Bertz CT molecular complexity index is 554. The summed E-state index contributed by atoms with van der Waals surface area (Å²) in [5, 5.41) is 0. The third kappa shape index (κ3) is 4.89. The fourth-order valence-electron chi connectivity index (χ4n) is 4.55. The van der Waals surface area contributed by atoms with Gasteiger partial charge >= 0.3 is 0 Å². The molecule has 0 aromatic rings. The van der Waals surface area contributed by atoms with Gasteiger partial charge < -0.3 is 0 Å². The summed E-state index contributed by atoms with van der Waals surface area (Å²) in [6.07, 6.45) is 26.9.